The van der Waals surface area contributed by atoms with Crippen LogP contribution in [0, 0.1) is 0 Å². The van der Waals surface area contributed by atoms with E-state index >= 15 is 0 Å². The minimum absolute atomic E-state index is 0.868. The molecule has 0 N–H and O–H groups in total. The van der Waals surface area contributed by atoms with Crippen molar-refractivity contribution in [1.82, 2.24) is 0 Å². The molecule has 0 bridgehead atoms. The quantitative estimate of drug-likeness (QED) is 0.143. The van der Waals surface area contributed by atoms with Crippen LogP contribution in [0.5, 0.6) is 0 Å². The molecule has 0 aliphatic heterocycles. The Morgan fingerprint density at radius 3 is 1.47 bits per heavy atom. The summed E-state index contributed by atoms with van der Waals surface area (Å²) in [6.45, 7) is 1.87. The van der Waals surface area contributed by atoms with Gasteiger partial charge in [-0.25, -0.2) is 0 Å². The molecule has 45 heavy (non-hydrogen) atoms. The highest BCUT2D eigenvalue weighted by atomic mass is 31.2. The van der Waals surface area contributed by atoms with Gasteiger partial charge >= 0.3 is 0 Å². The lowest BCUT2D eigenvalue weighted by molar-refractivity contribution is 0.590. The van der Waals surface area contributed by atoms with E-state index in [4.69, 9.17) is 0 Å². The molecule has 0 heterocycles. The van der Waals surface area contributed by atoms with Gasteiger partial charge in [0.05, 0.1) is 0 Å². The Morgan fingerprint density at radius 1 is 0.356 bits per heavy atom. The lowest BCUT2D eigenvalue weighted by Gasteiger charge is -2.19. The van der Waals surface area contributed by atoms with Crippen LogP contribution in [0.25, 0.3) is 65.7 Å². The molecular weight excluding hydrogens is 563 g/mol. The highest BCUT2D eigenvalue weighted by Crippen LogP contribution is 2.45. The molecule has 8 rings (SSSR count). The number of rotatable bonds is 5. The summed E-state index contributed by atoms with van der Waals surface area (Å²) < 4.78 is 14.0. The Bertz CT molecular complexity index is 2370. The van der Waals surface area contributed by atoms with Gasteiger partial charge < -0.3 is 4.57 Å². The van der Waals surface area contributed by atoms with E-state index in [2.05, 4.69) is 127 Å². The van der Waals surface area contributed by atoms with Crippen LogP contribution in [-0.2, 0) is 4.57 Å². The number of hydrogen-bond donors (Lipinski definition) is 0. The van der Waals surface area contributed by atoms with Gasteiger partial charge in [-0.1, -0.05) is 152 Å². The second-order valence-electron chi connectivity index (χ2n) is 11.8. The Morgan fingerprint density at radius 2 is 0.822 bits per heavy atom. The van der Waals surface area contributed by atoms with Crippen molar-refractivity contribution in [3.8, 4) is 33.4 Å². The SMILES string of the molecule is CP(=O)(c1ccccc1)c1cccc(-c2cccc(-c3c4ccccc4c(-c4ccc5ccccc5c4)c4ccccc34)c2)c1. The fourth-order valence-corrected chi connectivity index (χ4v) is 8.56. The third kappa shape index (κ3) is 4.78. The van der Waals surface area contributed by atoms with Gasteiger partial charge in [0.25, 0.3) is 0 Å². The molecule has 1 atom stereocenters. The standard InChI is InChI=1S/C43H31OP/c1-45(44,36-18-3-2-4-19-36)37-20-12-16-33(29-37)32-15-11-17-34(28-32)42-38-21-7-9-23-40(38)43(41-24-10-8-22-39(41)42)35-26-25-30-13-5-6-14-31(30)27-35/h2-29H,1H3. The molecule has 0 saturated heterocycles. The molecule has 0 spiro atoms. The highest BCUT2D eigenvalue weighted by molar-refractivity contribution is 7.78. The van der Waals surface area contributed by atoms with Crippen LogP contribution in [0.3, 0.4) is 0 Å². The van der Waals surface area contributed by atoms with Crippen LogP contribution in [-0.4, -0.2) is 6.66 Å². The van der Waals surface area contributed by atoms with E-state index in [1.54, 1.807) is 0 Å². The van der Waals surface area contributed by atoms with Gasteiger partial charge in [-0.05, 0) is 90.6 Å². The van der Waals surface area contributed by atoms with Crippen molar-refractivity contribution in [3.05, 3.63) is 170 Å². The zero-order valence-electron chi connectivity index (χ0n) is 25.0. The first-order valence-corrected chi connectivity index (χ1v) is 17.5. The normalized spacial score (nSPS) is 12.8. The molecule has 8 aromatic rings. The van der Waals surface area contributed by atoms with Crippen molar-refractivity contribution in [1.29, 1.82) is 0 Å². The van der Waals surface area contributed by atoms with Gasteiger partial charge in [0.1, 0.15) is 7.14 Å². The molecule has 0 aliphatic rings. The molecule has 0 amide bonds. The topological polar surface area (TPSA) is 17.1 Å². The van der Waals surface area contributed by atoms with Crippen molar-refractivity contribution in [2.24, 2.45) is 0 Å². The second-order valence-corrected chi connectivity index (χ2v) is 14.7. The van der Waals surface area contributed by atoms with Gasteiger partial charge in [0, 0.05) is 10.6 Å². The van der Waals surface area contributed by atoms with Crippen molar-refractivity contribution < 1.29 is 4.57 Å². The van der Waals surface area contributed by atoms with Gasteiger partial charge in [0.2, 0.25) is 0 Å². The zero-order chi connectivity index (χ0) is 30.4. The van der Waals surface area contributed by atoms with Crippen LogP contribution >= 0.6 is 7.14 Å². The fourth-order valence-electron chi connectivity index (χ4n) is 6.76. The first-order valence-electron chi connectivity index (χ1n) is 15.4. The maximum Gasteiger partial charge on any atom is 0.140 e. The first-order chi connectivity index (χ1) is 22.1. The van der Waals surface area contributed by atoms with E-state index in [-0.39, 0.29) is 0 Å². The van der Waals surface area contributed by atoms with Gasteiger partial charge in [-0.15, -0.1) is 0 Å². The van der Waals surface area contributed by atoms with Crippen LogP contribution in [0.2, 0.25) is 0 Å². The van der Waals surface area contributed by atoms with Crippen molar-refractivity contribution in [3.63, 3.8) is 0 Å². The predicted molar refractivity (Wildman–Crippen MR) is 195 cm³/mol. The van der Waals surface area contributed by atoms with Crippen LogP contribution in [0.4, 0.5) is 0 Å². The molecule has 214 valence electrons. The minimum Gasteiger partial charge on any atom is -0.314 e. The summed E-state index contributed by atoms with van der Waals surface area (Å²) in [6.07, 6.45) is 0. The monoisotopic (exact) mass is 594 g/mol. The molecule has 8 aromatic carbocycles. The average molecular weight is 595 g/mol. The first kappa shape index (κ1) is 27.3. The highest BCUT2D eigenvalue weighted by Gasteiger charge is 2.22. The third-order valence-corrected chi connectivity index (χ3v) is 11.6. The number of benzene rings is 8. The van der Waals surface area contributed by atoms with E-state index in [9.17, 15) is 4.57 Å². The van der Waals surface area contributed by atoms with Gasteiger partial charge in [-0.2, -0.15) is 0 Å². The van der Waals surface area contributed by atoms with E-state index in [1.165, 1.54) is 49.0 Å². The van der Waals surface area contributed by atoms with Gasteiger partial charge in [0.15, 0.2) is 0 Å². The molecule has 0 aliphatic carbocycles. The third-order valence-electron chi connectivity index (χ3n) is 9.04. The van der Waals surface area contributed by atoms with Crippen molar-refractivity contribution >= 4 is 50.1 Å². The predicted octanol–water partition coefficient (Wildman–Crippen LogP) is 11.1. The van der Waals surface area contributed by atoms with Crippen LogP contribution < -0.4 is 10.6 Å². The Hall–Kier alpha value is -5.23. The van der Waals surface area contributed by atoms with E-state index < -0.39 is 7.14 Å². The Balaban J connectivity index is 1.32. The number of fused-ring (bicyclic) bond motifs is 3. The zero-order valence-corrected chi connectivity index (χ0v) is 25.9. The lowest BCUT2D eigenvalue weighted by Crippen LogP contribution is -2.14. The maximum atomic E-state index is 14.0. The van der Waals surface area contributed by atoms with Crippen molar-refractivity contribution in [2.75, 3.05) is 6.66 Å². The maximum absolute atomic E-state index is 14.0. The number of hydrogen-bond acceptors (Lipinski definition) is 1. The van der Waals surface area contributed by atoms with E-state index in [0.29, 0.717) is 0 Å². The van der Waals surface area contributed by atoms with Crippen LogP contribution in [0.1, 0.15) is 0 Å². The molecule has 0 fully saturated rings. The Kier molecular flexibility index (Phi) is 6.71. The summed E-state index contributed by atoms with van der Waals surface area (Å²) in [5, 5.41) is 9.17. The summed E-state index contributed by atoms with van der Waals surface area (Å²) in [7, 11) is -2.73. The van der Waals surface area contributed by atoms with E-state index in [1.807, 2.05) is 49.1 Å². The molecule has 1 unspecified atom stereocenters. The molecular formula is C43H31OP. The summed E-state index contributed by atoms with van der Waals surface area (Å²) in [4.78, 5) is 0. The fraction of sp³-hybridized carbons (Fsp3) is 0.0233. The smallest absolute Gasteiger partial charge is 0.140 e. The summed E-state index contributed by atoms with van der Waals surface area (Å²) in [6, 6.07) is 59.8. The van der Waals surface area contributed by atoms with Crippen LogP contribution in [0.15, 0.2) is 170 Å². The molecule has 1 nitrogen and oxygen atoms in total. The molecule has 0 radical (unpaired) electrons. The lowest BCUT2D eigenvalue weighted by atomic mass is 9.85. The molecule has 2 heteroatoms. The second kappa shape index (κ2) is 11.0. The summed E-state index contributed by atoms with van der Waals surface area (Å²) >= 11 is 0. The Labute approximate surface area is 263 Å². The largest absolute Gasteiger partial charge is 0.314 e. The summed E-state index contributed by atoms with van der Waals surface area (Å²) in [5.74, 6) is 0. The average Bonchev–Trinajstić information content (AvgIpc) is 3.11. The van der Waals surface area contributed by atoms with Gasteiger partial charge in [-0.3, -0.25) is 0 Å². The summed E-state index contributed by atoms with van der Waals surface area (Å²) in [5.41, 5.74) is 7.05. The van der Waals surface area contributed by atoms with E-state index in [0.717, 1.165) is 27.3 Å². The van der Waals surface area contributed by atoms with Crippen molar-refractivity contribution in [2.45, 2.75) is 0 Å². The minimum atomic E-state index is -2.73. The molecule has 0 saturated carbocycles. The molecule has 0 aromatic heterocycles.